The van der Waals surface area contributed by atoms with E-state index < -0.39 is 0 Å². The third kappa shape index (κ3) is 7.47. The fraction of sp³-hybridized carbons (Fsp3) is 0.0769. The monoisotopic (exact) mass is 683 g/mol. The molecule has 8 aromatic rings. The number of fused-ring (bicyclic) bond motifs is 1. The summed E-state index contributed by atoms with van der Waals surface area (Å²) in [6.45, 7) is 12.8. The van der Waals surface area contributed by atoms with E-state index in [1.54, 1.807) is 0 Å². The van der Waals surface area contributed by atoms with Crippen LogP contribution in [0, 0.1) is 20.8 Å². The molecular weight excluding hydrogens is 639 g/mol. The molecular formula is C52H45N. The molecule has 0 saturated heterocycles. The molecule has 0 unspecified atom stereocenters. The summed E-state index contributed by atoms with van der Waals surface area (Å²) in [6.07, 6.45) is 6.29. The first-order valence-corrected chi connectivity index (χ1v) is 18.3. The van der Waals surface area contributed by atoms with Gasteiger partial charge in [-0.25, -0.2) is 0 Å². The van der Waals surface area contributed by atoms with Gasteiger partial charge in [-0.2, -0.15) is 0 Å². The van der Waals surface area contributed by atoms with Crippen molar-refractivity contribution in [1.29, 1.82) is 0 Å². The molecule has 0 atom stereocenters. The summed E-state index contributed by atoms with van der Waals surface area (Å²) < 4.78 is 2.32. The Labute approximate surface area is 314 Å². The molecule has 258 valence electrons. The van der Waals surface area contributed by atoms with Crippen LogP contribution in [0.25, 0.3) is 73.2 Å². The molecule has 0 fully saturated rings. The molecule has 0 bridgehead atoms. The van der Waals surface area contributed by atoms with Crippen LogP contribution in [0.15, 0.2) is 183 Å². The molecule has 0 amide bonds. The third-order valence-corrected chi connectivity index (χ3v) is 9.94. The normalized spacial score (nSPS) is 11.0. The van der Waals surface area contributed by atoms with Crippen LogP contribution in [0.4, 0.5) is 0 Å². The number of benzene rings is 7. The average Bonchev–Trinajstić information content (AvgIpc) is 3.52. The van der Waals surface area contributed by atoms with E-state index in [4.69, 9.17) is 0 Å². The minimum absolute atomic E-state index is 1.10. The molecule has 0 saturated carbocycles. The number of hydrogen-bond acceptors (Lipinski definition) is 0. The summed E-state index contributed by atoms with van der Waals surface area (Å²) in [5.74, 6) is 0. The van der Waals surface area contributed by atoms with Gasteiger partial charge in [0, 0.05) is 16.6 Å². The molecule has 1 heterocycles. The molecule has 0 spiro atoms. The highest BCUT2D eigenvalue weighted by molar-refractivity contribution is 5.98. The Hall–Kier alpha value is -6.44. The van der Waals surface area contributed by atoms with Crippen LogP contribution in [0.3, 0.4) is 0 Å². The van der Waals surface area contributed by atoms with Crippen molar-refractivity contribution in [2.75, 3.05) is 0 Å². The number of aryl methyl sites for hydroxylation is 3. The summed E-state index contributed by atoms with van der Waals surface area (Å²) in [4.78, 5) is 0. The van der Waals surface area contributed by atoms with Crippen molar-refractivity contribution in [1.82, 2.24) is 4.57 Å². The first kappa shape index (κ1) is 35.0. The minimum atomic E-state index is 1.10. The van der Waals surface area contributed by atoms with Crippen molar-refractivity contribution in [2.45, 2.75) is 27.7 Å². The van der Waals surface area contributed by atoms with E-state index >= 15 is 0 Å². The number of allylic oxidation sites excluding steroid dienone is 1. The van der Waals surface area contributed by atoms with Gasteiger partial charge in [-0.05, 0) is 120 Å². The zero-order valence-corrected chi connectivity index (χ0v) is 31.1. The zero-order valence-electron chi connectivity index (χ0n) is 31.1. The van der Waals surface area contributed by atoms with Crippen molar-refractivity contribution in [2.24, 2.45) is 0 Å². The highest BCUT2D eigenvalue weighted by Crippen LogP contribution is 2.37. The smallest absolute Gasteiger partial charge is 0.0541 e. The van der Waals surface area contributed by atoms with Crippen LogP contribution < -0.4 is 0 Å². The third-order valence-electron chi connectivity index (χ3n) is 9.94. The van der Waals surface area contributed by atoms with Crippen LogP contribution in [-0.4, -0.2) is 4.57 Å². The quantitative estimate of drug-likeness (QED) is 0.158. The zero-order chi connectivity index (χ0) is 36.7. The standard InChI is InChI=1S/C39H33N.C13H12/c1-5-12-35-37-26-32(31-18-17-28(4)36(25-31)34-16-11-10-13-27(34)3)21-24-39(37)40(38(35)6-2)33-22-19-30(20-23-33)29-14-8-7-9-15-29;1-11-6-5-9-13(10-11)12-7-3-2-4-8-12/h5-26H,2H2,1,3-4H3;2-10H,1H3/b12-5-;. The molecule has 1 heteroatoms. The van der Waals surface area contributed by atoms with Gasteiger partial charge in [-0.1, -0.05) is 164 Å². The second-order valence-corrected chi connectivity index (χ2v) is 13.6. The largest absolute Gasteiger partial charge is 0.309 e. The van der Waals surface area contributed by atoms with Crippen molar-refractivity contribution >= 4 is 23.1 Å². The molecule has 0 aliphatic rings. The molecule has 1 nitrogen and oxygen atoms in total. The molecule has 53 heavy (non-hydrogen) atoms. The van der Waals surface area contributed by atoms with Gasteiger partial charge in [-0.15, -0.1) is 0 Å². The predicted molar refractivity (Wildman–Crippen MR) is 230 cm³/mol. The summed E-state index contributed by atoms with van der Waals surface area (Å²) in [6, 6.07) is 60.6. The molecule has 0 aliphatic carbocycles. The molecule has 0 radical (unpaired) electrons. The lowest BCUT2D eigenvalue weighted by Crippen LogP contribution is -1.97. The second-order valence-electron chi connectivity index (χ2n) is 13.6. The summed E-state index contributed by atoms with van der Waals surface area (Å²) in [7, 11) is 0. The Balaban J connectivity index is 0.000000281. The van der Waals surface area contributed by atoms with Crippen molar-refractivity contribution in [3.05, 3.63) is 210 Å². The van der Waals surface area contributed by atoms with Gasteiger partial charge in [0.1, 0.15) is 0 Å². The van der Waals surface area contributed by atoms with Gasteiger partial charge in [0.25, 0.3) is 0 Å². The fourth-order valence-electron chi connectivity index (χ4n) is 7.19. The van der Waals surface area contributed by atoms with E-state index in [0.717, 1.165) is 11.4 Å². The van der Waals surface area contributed by atoms with Crippen molar-refractivity contribution in [3.63, 3.8) is 0 Å². The predicted octanol–water partition coefficient (Wildman–Crippen LogP) is 14.6. The Morgan fingerprint density at radius 1 is 0.472 bits per heavy atom. The first-order valence-electron chi connectivity index (χ1n) is 18.3. The van der Waals surface area contributed by atoms with E-state index in [-0.39, 0.29) is 0 Å². The van der Waals surface area contributed by atoms with Crippen molar-refractivity contribution < 1.29 is 0 Å². The van der Waals surface area contributed by atoms with Gasteiger partial charge in [0.2, 0.25) is 0 Å². The molecule has 7 aromatic carbocycles. The molecule has 0 N–H and O–H groups in total. The molecule has 0 aliphatic heterocycles. The van der Waals surface area contributed by atoms with Crippen LogP contribution in [-0.2, 0) is 0 Å². The minimum Gasteiger partial charge on any atom is -0.309 e. The number of nitrogens with zero attached hydrogens (tertiary/aromatic N) is 1. The Bertz CT molecular complexity index is 2530. The average molecular weight is 684 g/mol. The van der Waals surface area contributed by atoms with Gasteiger partial charge in [0.15, 0.2) is 0 Å². The van der Waals surface area contributed by atoms with Crippen LogP contribution in [0.1, 0.15) is 34.9 Å². The maximum Gasteiger partial charge on any atom is 0.0541 e. The molecule has 1 aromatic heterocycles. The first-order chi connectivity index (χ1) is 25.9. The Morgan fingerprint density at radius 2 is 1.02 bits per heavy atom. The van der Waals surface area contributed by atoms with Gasteiger partial charge >= 0.3 is 0 Å². The van der Waals surface area contributed by atoms with Gasteiger partial charge in [-0.3, -0.25) is 0 Å². The summed E-state index contributed by atoms with van der Waals surface area (Å²) in [5, 5.41) is 1.22. The van der Waals surface area contributed by atoms with E-state index in [1.165, 1.54) is 77.7 Å². The Kier molecular flexibility index (Phi) is 10.5. The van der Waals surface area contributed by atoms with Crippen molar-refractivity contribution in [3.8, 4) is 50.2 Å². The SMILES string of the molecule is C=Cc1c(/C=C\C)c2cc(-c3ccc(C)c(-c4ccccc4C)c3)ccc2n1-c1ccc(-c2ccccc2)cc1.Cc1cccc(-c2ccccc2)c1. The summed E-state index contributed by atoms with van der Waals surface area (Å²) in [5.41, 5.74) is 18.5. The summed E-state index contributed by atoms with van der Waals surface area (Å²) >= 11 is 0. The van der Waals surface area contributed by atoms with Crippen LogP contribution in [0.2, 0.25) is 0 Å². The number of hydrogen-bond donors (Lipinski definition) is 0. The van der Waals surface area contributed by atoms with E-state index in [0.29, 0.717) is 0 Å². The lowest BCUT2D eigenvalue weighted by Gasteiger charge is -2.13. The lowest BCUT2D eigenvalue weighted by atomic mass is 9.92. The molecule has 8 rings (SSSR count). The highest BCUT2D eigenvalue weighted by Gasteiger charge is 2.17. The van der Waals surface area contributed by atoms with Crippen LogP contribution in [0.5, 0.6) is 0 Å². The second kappa shape index (κ2) is 15.8. The maximum absolute atomic E-state index is 4.21. The van der Waals surface area contributed by atoms with Gasteiger partial charge < -0.3 is 4.57 Å². The highest BCUT2D eigenvalue weighted by atomic mass is 15.0. The van der Waals surface area contributed by atoms with E-state index in [2.05, 4.69) is 215 Å². The maximum atomic E-state index is 4.21. The van der Waals surface area contributed by atoms with E-state index in [1.807, 2.05) is 12.1 Å². The number of aromatic nitrogens is 1. The Morgan fingerprint density at radius 3 is 1.68 bits per heavy atom. The lowest BCUT2D eigenvalue weighted by molar-refractivity contribution is 1.11. The van der Waals surface area contributed by atoms with E-state index in [9.17, 15) is 0 Å². The van der Waals surface area contributed by atoms with Crippen LogP contribution >= 0.6 is 0 Å². The number of rotatable bonds is 7. The topological polar surface area (TPSA) is 4.93 Å². The van der Waals surface area contributed by atoms with Gasteiger partial charge in [0.05, 0.1) is 11.2 Å². The fourth-order valence-corrected chi connectivity index (χ4v) is 7.19.